The third kappa shape index (κ3) is 3.40. The molecule has 6 heteroatoms. The molecule has 128 valence electrons. The molecular weight excluding hydrogens is 347 g/mol. The average Bonchev–Trinajstić information content (AvgIpc) is 2.78. The predicted octanol–water partition coefficient (Wildman–Crippen LogP) is 4.79. The van der Waals surface area contributed by atoms with Crippen molar-refractivity contribution >= 4 is 30.0 Å². The molecule has 0 unspecified atom stereocenters. The zero-order valence-electron chi connectivity index (χ0n) is 13.9. The Bertz CT molecular complexity index is 551. The standard InChI is InChI=1S/C17H26ClN2OPS/c1-19-15-10-6-7-11-16(15)20(2)22(19,23)21-17(12-13-18)14-8-4-3-5-9-14/h3-5,8-9,15-17H,6-7,10-13H2,1-2H3/t15-,16-,17-/m1/s1. The van der Waals surface area contributed by atoms with Crippen LogP contribution in [0, 0.1) is 0 Å². The van der Waals surface area contributed by atoms with Crippen LogP contribution in [0.3, 0.4) is 0 Å². The minimum atomic E-state index is -2.17. The third-order valence-corrected chi connectivity index (χ3v) is 10.00. The van der Waals surface area contributed by atoms with E-state index in [0.29, 0.717) is 18.0 Å². The first-order valence-corrected chi connectivity index (χ1v) is 11.6. The molecule has 2 aliphatic rings. The molecular formula is C17H26ClN2OPS. The fourth-order valence-electron chi connectivity index (χ4n) is 3.92. The van der Waals surface area contributed by atoms with Gasteiger partial charge in [0.1, 0.15) is 0 Å². The maximum absolute atomic E-state index is 6.64. The molecule has 2 fully saturated rings. The van der Waals surface area contributed by atoms with Gasteiger partial charge in [0.15, 0.2) is 0 Å². The maximum Gasteiger partial charge on any atom is 0.204 e. The van der Waals surface area contributed by atoms with Crippen LogP contribution in [0.15, 0.2) is 30.3 Å². The van der Waals surface area contributed by atoms with Crippen LogP contribution >= 0.6 is 18.2 Å². The molecule has 1 heterocycles. The number of halogens is 1. The lowest BCUT2D eigenvalue weighted by Gasteiger charge is -2.34. The van der Waals surface area contributed by atoms with E-state index in [-0.39, 0.29) is 6.10 Å². The molecule has 0 bridgehead atoms. The number of alkyl halides is 1. The van der Waals surface area contributed by atoms with E-state index < -0.39 is 6.57 Å². The van der Waals surface area contributed by atoms with Gasteiger partial charge in [-0.1, -0.05) is 43.2 Å². The second kappa shape index (κ2) is 7.51. The number of likely N-dealkylation sites (N-methyl/N-ethyl adjacent to an activating group) is 2. The molecule has 3 rings (SSSR count). The van der Waals surface area contributed by atoms with E-state index in [4.69, 9.17) is 27.9 Å². The summed E-state index contributed by atoms with van der Waals surface area (Å²) in [7, 11) is 4.33. The normalized spacial score (nSPS) is 29.3. The van der Waals surface area contributed by atoms with Crippen molar-refractivity contribution in [2.45, 2.75) is 50.3 Å². The average molecular weight is 373 g/mol. The van der Waals surface area contributed by atoms with Gasteiger partial charge in [-0.2, -0.15) is 0 Å². The van der Waals surface area contributed by atoms with Crippen LogP contribution in [0.4, 0.5) is 0 Å². The molecule has 0 radical (unpaired) electrons. The number of hydrogen-bond donors (Lipinski definition) is 0. The first-order valence-electron chi connectivity index (χ1n) is 8.44. The van der Waals surface area contributed by atoms with Crippen molar-refractivity contribution in [2.75, 3.05) is 20.0 Å². The van der Waals surface area contributed by atoms with Crippen LogP contribution in [0.5, 0.6) is 0 Å². The zero-order chi connectivity index (χ0) is 16.4. The molecule has 1 aliphatic carbocycles. The molecule has 1 aromatic carbocycles. The fourth-order valence-corrected chi connectivity index (χ4v) is 7.75. The lowest BCUT2D eigenvalue weighted by Crippen LogP contribution is -2.37. The highest BCUT2D eigenvalue weighted by Gasteiger charge is 2.50. The Hall–Kier alpha value is 0.0400. The van der Waals surface area contributed by atoms with E-state index in [1.54, 1.807) is 0 Å². The molecule has 0 aromatic heterocycles. The van der Waals surface area contributed by atoms with E-state index in [1.807, 2.05) is 6.07 Å². The van der Waals surface area contributed by atoms with Crippen molar-refractivity contribution in [1.29, 1.82) is 0 Å². The highest BCUT2D eigenvalue weighted by Crippen LogP contribution is 2.65. The summed E-state index contributed by atoms with van der Waals surface area (Å²) in [4.78, 5) is 0. The Morgan fingerprint density at radius 3 is 2.26 bits per heavy atom. The molecule has 0 N–H and O–H groups in total. The summed E-state index contributed by atoms with van der Waals surface area (Å²) in [5, 5.41) is 0. The number of rotatable bonds is 5. The van der Waals surface area contributed by atoms with Crippen LogP contribution in [0.2, 0.25) is 0 Å². The smallest absolute Gasteiger partial charge is 0.204 e. The summed E-state index contributed by atoms with van der Waals surface area (Å²) in [6.07, 6.45) is 5.85. The summed E-state index contributed by atoms with van der Waals surface area (Å²) in [6, 6.07) is 11.5. The molecule has 1 aromatic rings. The van der Waals surface area contributed by atoms with Gasteiger partial charge in [0.05, 0.1) is 6.10 Å². The van der Waals surface area contributed by atoms with Crippen LogP contribution in [-0.2, 0) is 16.3 Å². The Morgan fingerprint density at radius 1 is 1.17 bits per heavy atom. The Morgan fingerprint density at radius 2 is 1.74 bits per heavy atom. The van der Waals surface area contributed by atoms with Crippen molar-refractivity contribution in [3.05, 3.63) is 35.9 Å². The second-order valence-corrected chi connectivity index (χ2v) is 10.8. The van der Waals surface area contributed by atoms with Crippen molar-refractivity contribution in [3.8, 4) is 0 Å². The predicted molar refractivity (Wildman–Crippen MR) is 101 cm³/mol. The van der Waals surface area contributed by atoms with Gasteiger partial charge in [-0.3, -0.25) is 0 Å². The first-order chi connectivity index (χ1) is 11.1. The van der Waals surface area contributed by atoms with Crippen molar-refractivity contribution in [2.24, 2.45) is 0 Å². The zero-order valence-corrected chi connectivity index (χ0v) is 16.4. The van der Waals surface area contributed by atoms with Crippen molar-refractivity contribution < 1.29 is 4.52 Å². The van der Waals surface area contributed by atoms with E-state index in [1.165, 1.54) is 31.2 Å². The van der Waals surface area contributed by atoms with Crippen LogP contribution in [-0.4, -0.2) is 41.4 Å². The molecule has 23 heavy (non-hydrogen) atoms. The quantitative estimate of drug-likeness (QED) is 0.545. The highest BCUT2D eigenvalue weighted by atomic mass is 35.5. The third-order valence-electron chi connectivity index (χ3n) is 5.26. The van der Waals surface area contributed by atoms with E-state index in [0.717, 1.165) is 6.42 Å². The van der Waals surface area contributed by atoms with Gasteiger partial charge in [-0.05, 0) is 50.7 Å². The van der Waals surface area contributed by atoms with Gasteiger partial charge in [-0.25, -0.2) is 9.34 Å². The minimum absolute atomic E-state index is 0.0235. The van der Waals surface area contributed by atoms with Gasteiger partial charge < -0.3 is 4.52 Å². The topological polar surface area (TPSA) is 15.7 Å². The number of benzene rings is 1. The number of hydrogen-bond acceptors (Lipinski definition) is 2. The van der Waals surface area contributed by atoms with Gasteiger partial charge in [-0.15, -0.1) is 11.6 Å². The molecule has 0 spiro atoms. The Labute approximate surface area is 150 Å². The van der Waals surface area contributed by atoms with Crippen LogP contribution in [0.1, 0.15) is 43.8 Å². The number of nitrogens with zero attached hydrogens (tertiary/aromatic N) is 2. The van der Waals surface area contributed by atoms with E-state index in [9.17, 15) is 0 Å². The van der Waals surface area contributed by atoms with Crippen molar-refractivity contribution in [1.82, 2.24) is 9.34 Å². The van der Waals surface area contributed by atoms with Crippen LogP contribution in [0.25, 0.3) is 0 Å². The summed E-state index contributed by atoms with van der Waals surface area (Å²) in [6.45, 7) is -2.17. The van der Waals surface area contributed by atoms with Gasteiger partial charge >= 0.3 is 0 Å². The summed E-state index contributed by atoms with van der Waals surface area (Å²) < 4.78 is 11.4. The second-order valence-electron chi connectivity index (χ2n) is 6.54. The molecule has 1 saturated carbocycles. The molecule has 3 nitrogen and oxygen atoms in total. The lowest BCUT2D eigenvalue weighted by molar-refractivity contribution is 0.198. The van der Waals surface area contributed by atoms with Crippen molar-refractivity contribution in [3.63, 3.8) is 0 Å². The monoisotopic (exact) mass is 372 g/mol. The summed E-state index contributed by atoms with van der Waals surface area (Å²) in [5.41, 5.74) is 1.18. The van der Waals surface area contributed by atoms with Gasteiger partial charge in [0.25, 0.3) is 0 Å². The lowest BCUT2D eigenvalue weighted by atomic mass is 9.91. The highest BCUT2D eigenvalue weighted by molar-refractivity contribution is 8.10. The number of fused-ring (bicyclic) bond motifs is 1. The molecule has 1 saturated heterocycles. The molecule has 0 amide bonds. The minimum Gasteiger partial charge on any atom is -0.318 e. The SMILES string of the molecule is CN1[C@@H]2CCCC[C@H]2N(C)P1(=S)O[C@H](CCCl)c1ccccc1. The molecule has 1 aliphatic heterocycles. The van der Waals surface area contributed by atoms with Crippen LogP contribution < -0.4 is 0 Å². The molecule has 3 atom stereocenters. The first kappa shape index (κ1) is 17.8. The summed E-state index contributed by atoms with van der Waals surface area (Å²) >= 11 is 12.2. The van der Waals surface area contributed by atoms with E-state index in [2.05, 4.69) is 47.7 Å². The maximum atomic E-state index is 6.64. The summed E-state index contributed by atoms with van der Waals surface area (Å²) in [5.74, 6) is 0.579. The Kier molecular flexibility index (Phi) is 5.83. The Balaban J connectivity index is 1.85. The van der Waals surface area contributed by atoms with E-state index >= 15 is 0 Å². The van der Waals surface area contributed by atoms with Gasteiger partial charge in [0.2, 0.25) is 6.57 Å². The van der Waals surface area contributed by atoms with Gasteiger partial charge in [0, 0.05) is 18.0 Å². The largest absolute Gasteiger partial charge is 0.318 e. The fraction of sp³-hybridized carbons (Fsp3) is 0.647.